The van der Waals surface area contributed by atoms with Crippen molar-refractivity contribution in [3.05, 3.63) is 29.8 Å². The van der Waals surface area contributed by atoms with Crippen LogP contribution in [0.5, 0.6) is 5.75 Å². The highest BCUT2D eigenvalue weighted by molar-refractivity contribution is 6.61. The van der Waals surface area contributed by atoms with Crippen molar-refractivity contribution in [2.24, 2.45) is 0 Å². The molecule has 1 aromatic carbocycles. The molecule has 1 rings (SSSR count). The van der Waals surface area contributed by atoms with E-state index in [0.29, 0.717) is 11.7 Å². The number of benzene rings is 1. The Morgan fingerprint density at radius 3 is 2.43 bits per heavy atom. The summed E-state index contributed by atoms with van der Waals surface area (Å²) in [5, 5.41) is 0. The van der Waals surface area contributed by atoms with Gasteiger partial charge in [0.2, 0.25) is 0 Å². The normalized spacial score (nSPS) is 12.2. The van der Waals surface area contributed by atoms with Crippen LogP contribution in [0.1, 0.15) is 31.7 Å². The van der Waals surface area contributed by atoms with Crippen LogP contribution in [-0.4, -0.2) is 5.43 Å². The molecule has 0 saturated heterocycles. The van der Waals surface area contributed by atoms with Crippen LogP contribution < -0.4 is 4.74 Å². The molecule has 0 aliphatic rings. The van der Waals surface area contributed by atoms with E-state index in [2.05, 4.69) is 13.8 Å². The van der Waals surface area contributed by atoms with Crippen LogP contribution in [0, 0.1) is 0 Å². The standard InChI is InChI=1S/C11H13ClO2/c1-3-8(2)9-4-6-10(7-5-9)14-11(12)13/h4-8H,3H2,1-2H3. The van der Waals surface area contributed by atoms with Crippen molar-refractivity contribution in [3.8, 4) is 5.75 Å². The molecule has 0 heterocycles. The van der Waals surface area contributed by atoms with Gasteiger partial charge in [-0.25, -0.2) is 4.79 Å². The van der Waals surface area contributed by atoms with Crippen LogP contribution in [0.25, 0.3) is 0 Å². The SMILES string of the molecule is CCC(C)c1ccc(OC(=O)Cl)cc1. The van der Waals surface area contributed by atoms with Crippen molar-refractivity contribution in [2.75, 3.05) is 0 Å². The molecule has 14 heavy (non-hydrogen) atoms. The van der Waals surface area contributed by atoms with E-state index < -0.39 is 5.43 Å². The fourth-order valence-electron chi connectivity index (χ4n) is 1.19. The smallest absolute Gasteiger partial charge is 0.409 e. The Kier molecular flexibility index (Phi) is 3.96. The zero-order valence-corrected chi connectivity index (χ0v) is 9.04. The summed E-state index contributed by atoms with van der Waals surface area (Å²) in [6.45, 7) is 4.29. The van der Waals surface area contributed by atoms with E-state index in [4.69, 9.17) is 16.3 Å². The number of hydrogen-bond acceptors (Lipinski definition) is 2. The zero-order chi connectivity index (χ0) is 10.6. The highest BCUT2D eigenvalue weighted by Gasteiger charge is 2.04. The first-order chi connectivity index (χ1) is 6.63. The van der Waals surface area contributed by atoms with Crippen molar-refractivity contribution in [1.82, 2.24) is 0 Å². The lowest BCUT2D eigenvalue weighted by Crippen LogP contribution is -1.96. The van der Waals surface area contributed by atoms with Crippen LogP contribution in [0.15, 0.2) is 24.3 Å². The van der Waals surface area contributed by atoms with Gasteiger partial charge < -0.3 is 4.74 Å². The summed E-state index contributed by atoms with van der Waals surface area (Å²) < 4.78 is 4.71. The predicted molar refractivity (Wildman–Crippen MR) is 57.0 cm³/mol. The number of rotatable bonds is 3. The minimum atomic E-state index is -0.804. The van der Waals surface area contributed by atoms with Crippen LogP contribution in [-0.2, 0) is 0 Å². The molecule has 1 atom stereocenters. The van der Waals surface area contributed by atoms with Gasteiger partial charge in [0, 0.05) is 11.6 Å². The molecule has 0 aliphatic carbocycles. The molecule has 1 unspecified atom stereocenters. The van der Waals surface area contributed by atoms with Crippen LogP contribution in [0.3, 0.4) is 0 Å². The summed E-state index contributed by atoms with van der Waals surface area (Å²) in [6, 6.07) is 7.40. The maximum absolute atomic E-state index is 10.4. The molecule has 0 aromatic heterocycles. The quantitative estimate of drug-likeness (QED) is 0.710. The second kappa shape index (κ2) is 5.01. The zero-order valence-electron chi connectivity index (χ0n) is 8.29. The molecule has 0 spiro atoms. The summed E-state index contributed by atoms with van der Waals surface area (Å²) in [5.74, 6) is 1.01. The third kappa shape index (κ3) is 3.04. The first-order valence-electron chi connectivity index (χ1n) is 4.60. The second-order valence-corrected chi connectivity index (χ2v) is 3.53. The summed E-state index contributed by atoms with van der Waals surface area (Å²) in [7, 11) is 0. The molecular weight excluding hydrogens is 200 g/mol. The lowest BCUT2D eigenvalue weighted by atomic mass is 9.99. The molecule has 3 heteroatoms. The maximum atomic E-state index is 10.4. The third-order valence-corrected chi connectivity index (χ3v) is 2.34. The molecule has 76 valence electrons. The summed E-state index contributed by atoms with van der Waals surface area (Å²) in [5.41, 5.74) is 0.433. The lowest BCUT2D eigenvalue weighted by molar-refractivity contribution is 0.225. The molecule has 0 amide bonds. The van der Waals surface area contributed by atoms with Crippen molar-refractivity contribution in [3.63, 3.8) is 0 Å². The number of carbonyl (C=O) groups is 1. The van der Waals surface area contributed by atoms with Crippen molar-refractivity contribution < 1.29 is 9.53 Å². The Morgan fingerprint density at radius 1 is 1.43 bits per heavy atom. The van der Waals surface area contributed by atoms with Gasteiger partial charge in [0.05, 0.1) is 0 Å². The van der Waals surface area contributed by atoms with Gasteiger partial charge in [0.1, 0.15) is 5.75 Å². The van der Waals surface area contributed by atoms with Gasteiger partial charge in [0.15, 0.2) is 0 Å². The molecule has 0 fully saturated rings. The molecule has 1 aromatic rings. The fourth-order valence-corrected chi connectivity index (χ4v) is 1.28. The topological polar surface area (TPSA) is 26.3 Å². The number of halogens is 1. The van der Waals surface area contributed by atoms with Gasteiger partial charge in [-0.15, -0.1) is 0 Å². The third-order valence-electron chi connectivity index (χ3n) is 2.26. The van der Waals surface area contributed by atoms with E-state index in [0.717, 1.165) is 6.42 Å². The first kappa shape index (κ1) is 11.1. The molecule has 0 radical (unpaired) electrons. The van der Waals surface area contributed by atoms with Gasteiger partial charge in [-0.2, -0.15) is 0 Å². The number of carbonyl (C=O) groups excluding carboxylic acids is 1. The van der Waals surface area contributed by atoms with E-state index in [1.165, 1.54) is 5.56 Å². The number of ether oxygens (including phenoxy) is 1. The molecule has 0 saturated carbocycles. The van der Waals surface area contributed by atoms with E-state index >= 15 is 0 Å². The molecule has 0 aliphatic heterocycles. The van der Waals surface area contributed by atoms with Crippen molar-refractivity contribution in [2.45, 2.75) is 26.2 Å². The first-order valence-corrected chi connectivity index (χ1v) is 4.98. The van der Waals surface area contributed by atoms with Crippen LogP contribution >= 0.6 is 11.6 Å². The summed E-state index contributed by atoms with van der Waals surface area (Å²) in [4.78, 5) is 10.4. The molecule has 2 nitrogen and oxygen atoms in total. The Bertz CT molecular complexity index is 306. The van der Waals surface area contributed by atoms with E-state index in [1.807, 2.05) is 12.1 Å². The van der Waals surface area contributed by atoms with Gasteiger partial charge >= 0.3 is 5.43 Å². The largest absolute Gasteiger partial charge is 0.415 e. The average Bonchev–Trinajstić information content (AvgIpc) is 2.17. The van der Waals surface area contributed by atoms with Gasteiger partial charge in [-0.3, -0.25) is 0 Å². The molecule has 0 bridgehead atoms. The minimum Gasteiger partial charge on any atom is -0.415 e. The Labute approximate surface area is 88.8 Å². The minimum absolute atomic E-state index is 0.483. The van der Waals surface area contributed by atoms with Crippen molar-refractivity contribution >= 4 is 17.0 Å². The van der Waals surface area contributed by atoms with Crippen LogP contribution in [0.4, 0.5) is 4.79 Å². The second-order valence-electron chi connectivity index (χ2n) is 3.22. The summed E-state index contributed by atoms with van der Waals surface area (Å²) >= 11 is 5.08. The van der Waals surface area contributed by atoms with Gasteiger partial charge in [-0.05, 0) is 30.0 Å². The maximum Gasteiger partial charge on any atom is 0.409 e. The van der Waals surface area contributed by atoms with E-state index in [-0.39, 0.29) is 0 Å². The Balaban J connectivity index is 2.73. The highest BCUT2D eigenvalue weighted by atomic mass is 35.5. The molecule has 0 N–H and O–H groups in total. The highest BCUT2D eigenvalue weighted by Crippen LogP contribution is 2.21. The summed E-state index contributed by atoms with van der Waals surface area (Å²) in [6.07, 6.45) is 1.09. The molecular formula is C11H13ClO2. The van der Waals surface area contributed by atoms with Gasteiger partial charge in [0.25, 0.3) is 0 Å². The lowest BCUT2D eigenvalue weighted by Gasteiger charge is -2.08. The monoisotopic (exact) mass is 212 g/mol. The number of hydrogen-bond donors (Lipinski definition) is 0. The van der Waals surface area contributed by atoms with Crippen molar-refractivity contribution in [1.29, 1.82) is 0 Å². The Hall–Kier alpha value is -1.02. The van der Waals surface area contributed by atoms with E-state index in [1.54, 1.807) is 12.1 Å². The fraction of sp³-hybridized carbons (Fsp3) is 0.364. The van der Waals surface area contributed by atoms with Crippen LogP contribution in [0.2, 0.25) is 0 Å². The Morgan fingerprint density at radius 2 is 2.00 bits per heavy atom. The van der Waals surface area contributed by atoms with E-state index in [9.17, 15) is 4.79 Å². The average molecular weight is 213 g/mol. The predicted octanol–water partition coefficient (Wildman–Crippen LogP) is 3.94. The van der Waals surface area contributed by atoms with Gasteiger partial charge in [-0.1, -0.05) is 26.0 Å².